The molecule has 3 heterocycles. The number of hydrogen-bond acceptors (Lipinski definition) is 5. The predicted octanol–water partition coefficient (Wildman–Crippen LogP) is 3.19. The number of carbonyl (C=O) groups is 1. The number of rotatable bonds is 3. The Morgan fingerprint density at radius 3 is 2.64 bits per heavy atom. The first-order valence-corrected chi connectivity index (χ1v) is 8.47. The van der Waals surface area contributed by atoms with Crippen molar-refractivity contribution in [1.82, 2.24) is 15.2 Å². The normalized spacial score (nSPS) is 14.0. The van der Waals surface area contributed by atoms with Crippen LogP contribution in [0.25, 0.3) is 10.9 Å². The predicted molar refractivity (Wildman–Crippen MR) is 97.9 cm³/mol. The molecule has 1 aliphatic heterocycles. The van der Waals surface area contributed by atoms with Crippen LogP contribution in [-0.4, -0.2) is 34.2 Å². The fourth-order valence-corrected chi connectivity index (χ4v) is 3.11. The Morgan fingerprint density at radius 2 is 1.88 bits per heavy atom. The third kappa shape index (κ3) is 3.15. The maximum absolute atomic E-state index is 12.5. The molecule has 126 valence electrons. The Balaban J connectivity index is 1.56. The zero-order valence-corrected chi connectivity index (χ0v) is 14.1. The van der Waals surface area contributed by atoms with Crippen molar-refractivity contribution < 1.29 is 4.79 Å². The van der Waals surface area contributed by atoms with E-state index in [0.29, 0.717) is 5.69 Å². The number of carbonyl (C=O) groups excluding carboxylic acids is 1. The Hall–Kier alpha value is -3.02. The number of fused-ring (bicyclic) bond motifs is 1. The second kappa shape index (κ2) is 6.47. The van der Waals surface area contributed by atoms with Crippen molar-refractivity contribution in [1.29, 1.82) is 0 Å². The van der Waals surface area contributed by atoms with Crippen molar-refractivity contribution in [3.63, 3.8) is 0 Å². The van der Waals surface area contributed by atoms with Crippen molar-refractivity contribution in [3.05, 3.63) is 53.9 Å². The minimum Gasteiger partial charge on any atom is -0.355 e. The molecule has 0 unspecified atom stereocenters. The van der Waals surface area contributed by atoms with Gasteiger partial charge in [-0.2, -0.15) is 0 Å². The lowest BCUT2D eigenvalue weighted by Crippen LogP contribution is -2.21. The second-order valence-electron chi connectivity index (χ2n) is 6.25. The third-order valence-corrected chi connectivity index (χ3v) is 4.43. The van der Waals surface area contributed by atoms with Gasteiger partial charge in [-0.3, -0.25) is 9.78 Å². The quantitative estimate of drug-likeness (QED) is 0.797. The number of hydrogen-bond donors (Lipinski definition) is 1. The van der Waals surface area contributed by atoms with Gasteiger partial charge in [-0.05, 0) is 56.2 Å². The number of aromatic nitrogens is 3. The van der Waals surface area contributed by atoms with Crippen LogP contribution < -0.4 is 10.2 Å². The van der Waals surface area contributed by atoms with E-state index in [1.165, 1.54) is 12.8 Å². The van der Waals surface area contributed by atoms with Crippen LogP contribution in [0.3, 0.4) is 0 Å². The van der Waals surface area contributed by atoms with E-state index >= 15 is 0 Å². The van der Waals surface area contributed by atoms with Crippen molar-refractivity contribution in [3.8, 4) is 0 Å². The van der Waals surface area contributed by atoms with E-state index in [-0.39, 0.29) is 5.91 Å². The number of amides is 1. The molecule has 0 saturated carbocycles. The molecule has 3 aromatic rings. The maximum Gasteiger partial charge on any atom is 0.276 e. The average Bonchev–Trinajstić information content (AvgIpc) is 3.16. The summed E-state index contributed by atoms with van der Waals surface area (Å²) in [5.41, 5.74) is 2.83. The van der Waals surface area contributed by atoms with Gasteiger partial charge in [0.1, 0.15) is 0 Å². The third-order valence-electron chi connectivity index (χ3n) is 4.43. The van der Waals surface area contributed by atoms with Crippen LogP contribution in [0.4, 0.5) is 11.5 Å². The number of anilines is 2. The Morgan fingerprint density at radius 1 is 1.04 bits per heavy atom. The Kier molecular flexibility index (Phi) is 4.01. The molecule has 1 aliphatic rings. The van der Waals surface area contributed by atoms with E-state index in [2.05, 4.69) is 25.4 Å². The molecule has 1 fully saturated rings. The summed E-state index contributed by atoms with van der Waals surface area (Å²) >= 11 is 0. The van der Waals surface area contributed by atoms with E-state index in [0.717, 1.165) is 41.2 Å². The van der Waals surface area contributed by atoms with Crippen LogP contribution in [0.15, 0.2) is 42.5 Å². The largest absolute Gasteiger partial charge is 0.355 e. The van der Waals surface area contributed by atoms with Crippen molar-refractivity contribution in [2.24, 2.45) is 0 Å². The highest BCUT2D eigenvalue weighted by atomic mass is 16.1. The SMILES string of the molecule is Cc1ccc2c(NC(=O)c3ccc(N4CCCC4)nn3)cccc2n1. The molecule has 1 N–H and O–H groups in total. The standard InChI is InChI=1S/C19H19N5O/c1-13-7-8-14-15(20-13)5-4-6-16(14)21-19(25)17-9-10-18(23-22-17)24-11-2-3-12-24/h4-10H,2-3,11-12H2,1H3,(H,21,25). The molecule has 1 aromatic carbocycles. The first-order chi connectivity index (χ1) is 12.2. The molecule has 0 radical (unpaired) electrons. The first kappa shape index (κ1) is 15.5. The van der Waals surface area contributed by atoms with E-state index in [1.54, 1.807) is 6.07 Å². The van der Waals surface area contributed by atoms with Gasteiger partial charge in [0, 0.05) is 24.2 Å². The molecule has 4 rings (SSSR count). The highest BCUT2D eigenvalue weighted by Gasteiger charge is 2.16. The Labute approximate surface area is 145 Å². The molecule has 1 saturated heterocycles. The van der Waals surface area contributed by atoms with Crippen LogP contribution >= 0.6 is 0 Å². The average molecular weight is 333 g/mol. The zero-order chi connectivity index (χ0) is 17.2. The smallest absolute Gasteiger partial charge is 0.276 e. The van der Waals surface area contributed by atoms with Gasteiger partial charge < -0.3 is 10.2 Å². The topological polar surface area (TPSA) is 71.0 Å². The Bertz CT molecular complexity index is 917. The van der Waals surface area contributed by atoms with Gasteiger partial charge in [-0.25, -0.2) is 0 Å². The van der Waals surface area contributed by atoms with Crippen LogP contribution in [0.5, 0.6) is 0 Å². The van der Waals surface area contributed by atoms with E-state index in [4.69, 9.17) is 0 Å². The lowest BCUT2D eigenvalue weighted by molar-refractivity contribution is 0.102. The number of pyridine rings is 1. The van der Waals surface area contributed by atoms with Crippen LogP contribution in [0.1, 0.15) is 29.0 Å². The lowest BCUT2D eigenvalue weighted by Gasteiger charge is -2.15. The summed E-state index contributed by atoms with van der Waals surface area (Å²) in [6, 6.07) is 13.2. The van der Waals surface area contributed by atoms with E-state index in [9.17, 15) is 4.79 Å². The number of nitrogens with one attached hydrogen (secondary N) is 1. The summed E-state index contributed by atoms with van der Waals surface area (Å²) in [4.78, 5) is 19.2. The summed E-state index contributed by atoms with van der Waals surface area (Å²) in [5, 5.41) is 12.1. The highest BCUT2D eigenvalue weighted by Crippen LogP contribution is 2.23. The maximum atomic E-state index is 12.5. The van der Waals surface area contributed by atoms with Crippen molar-refractivity contribution >= 4 is 28.3 Å². The van der Waals surface area contributed by atoms with Gasteiger partial charge >= 0.3 is 0 Å². The molecule has 1 amide bonds. The fourth-order valence-electron chi connectivity index (χ4n) is 3.11. The van der Waals surface area contributed by atoms with Gasteiger partial charge in [0.25, 0.3) is 5.91 Å². The van der Waals surface area contributed by atoms with Crippen LogP contribution in [0, 0.1) is 6.92 Å². The molecular formula is C19H19N5O. The van der Waals surface area contributed by atoms with E-state index < -0.39 is 0 Å². The van der Waals surface area contributed by atoms with Crippen molar-refractivity contribution in [2.45, 2.75) is 19.8 Å². The molecular weight excluding hydrogens is 314 g/mol. The number of nitrogens with zero attached hydrogens (tertiary/aromatic N) is 4. The number of aryl methyl sites for hydroxylation is 1. The minimum atomic E-state index is -0.270. The van der Waals surface area contributed by atoms with Gasteiger partial charge in [0.05, 0.1) is 11.2 Å². The van der Waals surface area contributed by atoms with Crippen LogP contribution in [0.2, 0.25) is 0 Å². The molecule has 0 spiro atoms. The molecule has 6 nitrogen and oxygen atoms in total. The second-order valence-corrected chi connectivity index (χ2v) is 6.25. The summed E-state index contributed by atoms with van der Waals surface area (Å²) in [5.74, 6) is 0.562. The number of benzene rings is 1. The first-order valence-electron chi connectivity index (χ1n) is 8.47. The van der Waals surface area contributed by atoms with Crippen molar-refractivity contribution in [2.75, 3.05) is 23.3 Å². The fraction of sp³-hybridized carbons (Fsp3) is 0.263. The zero-order valence-electron chi connectivity index (χ0n) is 14.1. The van der Waals surface area contributed by atoms with Gasteiger partial charge in [0.2, 0.25) is 0 Å². The molecule has 2 aromatic heterocycles. The summed E-state index contributed by atoms with van der Waals surface area (Å²) in [6.07, 6.45) is 2.36. The monoisotopic (exact) mass is 333 g/mol. The van der Waals surface area contributed by atoms with Crippen LogP contribution in [-0.2, 0) is 0 Å². The van der Waals surface area contributed by atoms with E-state index in [1.807, 2.05) is 43.3 Å². The molecule has 0 bridgehead atoms. The lowest BCUT2D eigenvalue weighted by atomic mass is 10.1. The molecule has 25 heavy (non-hydrogen) atoms. The summed E-state index contributed by atoms with van der Waals surface area (Å²) < 4.78 is 0. The molecule has 6 heteroatoms. The minimum absolute atomic E-state index is 0.270. The molecule has 0 atom stereocenters. The van der Waals surface area contributed by atoms with Gasteiger partial charge in [-0.15, -0.1) is 10.2 Å². The molecule has 0 aliphatic carbocycles. The van der Waals surface area contributed by atoms with Gasteiger partial charge in [0.15, 0.2) is 11.5 Å². The van der Waals surface area contributed by atoms with Gasteiger partial charge in [-0.1, -0.05) is 6.07 Å². The highest BCUT2D eigenvalue weighted by molar-refractivity contribution is 6.07. The summed E-state index contributed by atoms with van der Waals surface area (Å²) in [7, 11) is 0. The summed E-state index contributed by atoms with van der Waals surface area (Å²) in [6.45, 7) is 3.95.